The number of nitrogens with one attached hydrogen (secondary N) is 3. The number of para-hydroxylation sites is 1. The summed E-state index contributed by atoms with van der Waals surface area (Å²) >= 11 is 0. The molecule has 3 N–H and O–H groups in total. The van der Waals surface area contributed by atoms with E-state index in [9.17, 15) is 0 Å². The molecule has 0 amide bonds. The summed E-state index contributed by atoms with van der Waals surface area (Å²) in [7, 11) is 0. The van der Waals surface area contributed by atoms with Gasteiger partial charge in [0.2, 0.25) is 5.95 Å². The van der Waals surface area contributed by atoms with Crippen molar-refractivity contribution in [3.63, 3.8) is 0 Å². The van der Waals surface area contributed by atoms with Crippen molar-refractivity contribution in [1.29, 1.82) is 0 Å². The third-order valence-corrected chi connectivity index (χ3v) is 4.20. The fourth-order valence-corrected chi connectivity index (χ4v) is 2.89. The number of hydrogen-bond donors (Lipinski definition) is 3. The highest BCUT2D eigenvalue weighted by Gasteiger charge is 2.04. The van der Waals surface area contributed by atoms with Crippen LogP contribution >= 0.6 is 0 Å². The predicted molar refractivity (Wildman–Crippen MR) is 104 cm³/mol. The van der Waals surface area contributed by atoms with Crippen molar-refractivity contribution in [2.45, 2.75) is 13.0 Å². The first-order valence-corrected chi connectivity index (χ1v) is 8.63. The van der Waals surface area contributed by atoms with E-state index in [4.69, 9.17) is 0 Å². The molecule has 4 rings (SSSR count). The maximum atomic E-state index is 4.51. The van der Waals surface area contributed by atoms with Crippen LogP contribution in [0.2, 0.25) is 0 Å². The van der Waals surface area contributed by atoms with Crippen LogP contribution in [0, 0.1) is 0 Å². The number of rotatable bonds is 7. The molecule has 3 aromatic heterocycles. The predicted octanol–water partition coefficient (Wildman–Crippen LogP) is 3.62. The monoisotopic (exact) mass is 344 g/mol. The Labute approximate surface area is 151 Å². The number of anilines is 2. The van der Waals surface area contributed by atoms with Gasteiger partial charge in [-0.05, 0) is 35.7 Å². The lowest BCUT2D eigenvalue weighted by atomic mass is 10.1. The Balaban J connectivity index is 1.33. The molecule has 0 aliphatic carbocycles. The molecule has 4 aromatic rings. The lowest BCUT2D eigenvalue weighted by Gasteiger charge is -2.08. The van der Waals surface area contributed by atoms with Crippen LogP contribution in [-0.4, -0.2) is 26.5 Å². The maximum absolute atomic E-state index is 4.51. The third-order valence-electron chi connectivity index (χ3n) is 4.20. The number of pyridine rings is 1. The van der Waals surface area contributed by atoms with Crippen LogP contribution in [0.25, 0.3) is 10.9 Å². The molecule has 0 aliphatic heterocycles. The van der Waals surface area contributed by atoms with Crippen LogP contribution in [0.1, 0.15) is 11.1 Å². The molecule has 0 saturated heterocycles. The Morgan fingerprint density at radius 1 is 0.962 bits per heavy atom. The summed E-state index contributed by atoms with van der Waals surface area (Å²) in [6.45, 7) is 1.45. The number of nitrogens with zero attached hydrogens (tertiary/aromatic N) is 3. The summed E-state index contributed by atoms with van der Waals surface area (Å²) < 4.78 is 0. The Kier molecular flexibility index (Phi) is 4.73. The minimum Gasteiger partial charge on any atom is -0.366 e. The van der Waals surface area contributed by atoms with E-state index in [-0.39, 0.29) is 0 Å². The highest BCUT2D eigenvalue weighted by molar-refractivity contribution is 5.83. The summed E-state index contributed by atoms with van der Waals surface area (Å²) in [4.78, 5) is 16.2. The van der Waals surface area contributed by atoms with E-state index < -0.39 is 0 Å². The van der Waals surface area contributed by atoms with Gasteiger partial charge in [-0.3, -0.25) is 4.98 Å². The zero-order valence-corrected chi connectivity index (χ0v) is 14.3. The van der Waals surface area contributed by atoms with E-state index in [1.807, 2.05) is 30.5 Å². The van der Waals surface area contributed by atoms with Crippen LogP contribution in [0.5, 0.6) is 0 Å². The molecule has 0 fully saturated rings. The van der Waals surface area contributed by atoms with Gasteiger partial charge in [-0.25, -0.2) is 4.98 Å². The van der Waals surface area contributed by atoms with Gasteiger partial charge in [0.25, 0.3) is 0 Å². The van der Waals surface area contributed by atoms with Gasteiger partial charge < -0.3 is 15.6 Å². The average molecular weight is 344 g/mol. The summed E-state index contributed by atoms with van der Waals surface area (Å²) in [5.41, 5.74) is 3.57. The molecule has 0 bridgehead atoms. The quantitative estimate of drug-likeness (QED) is 0.477. The number of fused-ring (bicyclic) bond motifs is 1. The van der Waals surface area contributed by atoms with E-state index in [2.05, 4.69) is 55.0 Å². The third kappa shape index (κ3) is 3.80. The molecule has 130 valence electrons. The summed E-state index contributed by atoms with van der Waals surface area (Å²) in [5, 5.41) is 7.86. The van der Waals surface area contributed by atoms with Crippen molar-refractivity contribution in [1.82, 2.24) is 19.9 Å². The lowest BCUT2D eigenvalue weighted by molar-refractivity contribution is 0.984. The number of hydrogen-bond acceptors (Lipinski definition) is 5. The average Bonchev–Trinajstić information content (AvgIpc) is 3.11. The smallest absolute Gasteiger partial charge is 0.224 e. The molecule has 0 saturated carbocycles. The highest BCUT2D eigenvalue weighted by Crippen LogP contribution is 2.18. The van der Waals surface area contributed by atoms with Crippen LogP contribution < -0.4 is 10.6 Å². The Bertz CT molecular complexity index is 980. The number of aromatic nitrogens is 4. The molecule has 6 heteroatoms. The van der Waals surface area contributed by atoms with Gasteiger partial charge in [0.05, 0.1) is 0 Å². The Hall–Kier alpha value is -3.41. The van der Waals surface area contributed by atoms with Gasteiger partial charge in [0, 0.05) is 48.8 Å². The fourth-order valence-electron chi connectivity index (χ4n) is 2.89. The van der Waals surface area contributed by atoms with Gasteiger partial charge in [-0.1, -0.05) is 24.3 Å². The second-order valence-electron chi connectivity index (χ2n) is 6.02. The van der Waals surface area contributed by atoms with Crippen LogP contribution in [0.4, 0.5) is 11.8 Å². The van der Waals surface area contributed by atoms with Crippen molar-refractivity contribution in [2.24, 2.45) is 0 Å². The Morgan fingerprint density at radius 2 is 1.92 bits per heavy atom. The van der Waals surface area contributed by atoms with Crippen molar-refractivity contribution in [3.05, 3.63) is 78.4 Å². The molecule has 0 atom stereocenters. The summed E-state index contributed by atoms with van der Waals surface area (Å²) in [6.07, 6.45) is 8.34. The van der Waals surface area contributed by atoms with E-state index in [1.54, 1.807) is 12.4 Å². The molecule has 0 aliphatic rings. The van der Waals surface area contributed by atoms with E-state index in [0.29, 0.717) is 12.5 Å². The van der Waals surface area contributed by atoms with Crippen molar-refractivity contribution in [2.75, 3.05) is 17.2 Å². The number of benzene rings is 1. The van der Waals surface area contributed by atoms with Crippen LogP contribution in [0.15, 0.2) is 67.3 Å². The molecule has 1 aromatic carbocycles. The minimum absolute atomic E-state index is 0.626. The number of H-pyrrole nitrogens is 1. The zero-order chi connectivity index (χ0) is 17.6. The van der Waals surface area contributed by atoms with Crippen molar-refractivity contribution in [3.8, 4) is 0 Å². The maximum Gasteiger partial charge on any atom is 0.224 e. The first-order chi connectivity index (χ1) is 12.9. The van der Waals surface area contributed by atoms with E-state index >= 15 is 0 Å². The van der Waals surface area contributed by atoms with Crippen molar-refractivity contribution < 1.29 is 0 Å². The van der Waals surface area contributed by atoms with Gasteiger partial charge in [0.15, 0.2) is 0 Å². The van der Waals surface area contributed by atoms with Crippen molar-refractivity contribution >= 4 is 22.7 Å². The first kappa shape index (κ1) is 16.1. The second-order valence-corrected chi connectivity index (χ2v) is 6.02. The minimum atomic E-state index is 0.626. The molecular weight excluding hydrogens is 324 g/mol. The van der Waals surface area contributed by atoms with Gasteiger partial charge in [-0.15, -0.1) is 0 Å². The van der Waals surface area contributed by atoms with Gasteiger partial charge in [-0.2, -0.15) is 4.98 Å². The zero-order valence-electron chi connectivity index (χ0n) is 14.3. The topological polar surface area (TPSA) is 78.5 Å². The Morgan fingerprint density at radius 3 is 2.85 bits per heavy atom. The molecule has 0 spiro atoms. The summed E-state index contributed by atoms with van der Waals surface area (Å²) in [5.74, 6) is 1.42. The molecule has 6 nitrogen and oxygen atoms in total. The lowest BCUT2D eigenvalue weighted by Crippen LogP contribution is -2.09. The molecule has 0 unspecified atom stereocenters. The summed E-state index contributed by atoms with van der Waals surface area (Å²) in [6, 6.07) is 14.1. The van der Waals surface area contributed by atoms with E-state index in [0.717, 1.165) is 24.3 Å². The SMILES string of the molecule is c1cncc(CNc2ccnc(NCCc3c[nH]c4ccccc34)n2)c1. The largest absolute Gasteiger partial charge is 0.366 e. The normalized spacial score (nSPS) is 10.8. The molecule has 26 heavy (non-hydrogen) atoms. The molecule has 3 heterocycles. The second kappa shape index (κ2) is 7.65. The highest BCUT2D eigenvalue weighted by atomic mass is 15.1. The van der Waals surface area contributed by atoms with Gasteiger partial charge >= 0.3 is 0 Å². The van der Waals surface area contributed by atoms with Crippen LogP contribution in [-0.2, 0) is 13.0 Å². The van der Waals surface area contributed by atoms with Gasteiger partial charge in [0.1, 0.15) is 5.82 Å². The van der Waals surface area contributed by atoms with E-state index in [1.165, 1.54) is 16.5 Å². The standard InChI is InChI=1S/C20H20N6/c1-2-6-18-17(5-1)16(14-24-18)7-10-22-20-23-11-8-19(26-20)25-13-15-4-3-9-21-12-15/h1-6,8-9,11-12,14,24H,7,10,13H2,(H2,22,23,25,26). The first-order valence-electron chi connectivity index (χ1n) is 8.63. The molecule has 0 radical (unpaired) electrons. The number of aromatic amines is 1. The molecular formula is C20H20N6. The van der Waals surface area contributed by atoms with Crippen LogP contribution in [0.3, 0.4) is 0 Å². The fraction of sp³-hybridized carbons (Fsp3) is 0.150.